The second-order valence-electron chi connectivity index (χ2n) is 6.59. The molecular weight excluding hydrogens is 354 g/mol. The van der Waals surface area contributed by atoms with Gasteiger partial charge in [0.15, 0.2) is 0 Å². The summed E-state index contributed by atoms with van der Waals surface area (Å²) in [6.45, 7) is 3.43. The van der Waals surface area contributed by atoms with E-state index >= 15 is 0 Å². The quantitative estimate of drug-likeness (QED) is 0.811. The molecule has 146 valence electrons. The average Bonchev–Trinajstić information content (AvgIpc) is 2.75. The van der Waals surface area contributed by atoms with Gasteiger partial charge in [-0.2, -0.15) is 0 Å². The number of amides is 2. The maximum absolute atomic E-state index is 12.4. The predicted molar refractivity (Wildman–Crippen MR) is 110 cm³/mol. The zero-order valence-electron chi connectivity index (χ0n) is 16.0. The number of piperazine rings is 1. The summed E-state index contributed by atoms with van der Waals surface area (Å²) in [7, 11) is 1.58. The van der Waals surface area contributed by atoms with E-state index in [2.05, 4.69) is 34.5 Å². The standard InChI is InChI=1S/C22H25N3O3/c1-28-20-11-9-19(10-12-20)23-21(26)22(27)25-16-14-24(15-17-25)13-5-8-18-6-3-2-4-7-18/h2-12H,13-17H2,1H3,(H,23,26)/b8-5+. The van der Waals surface area contributed by atoms with Crippen LogP contribution in [0.15, 0.2) is 60.7 Å². The molecule has 6 heteroatoms. The van der Waals surface area contributed by atoms with Crippen LogP contribution in [0.3, 0.4) is 0 Å². The summed E-state index contributed by atoms with van der Waals surface area (Å²) in [5, 5.41) is 2.64. The van der Waals surface area contributed by atoms with E-state index in [0.717, 1.165) is 19.6 Å². The lowest BCUT2D eigenvalue weighted by Crippen LogP contribution is -2.51. The summed E-state index contributed by atoms with van der Waals surface area (Å²) in [4.78, 5) is 28.5. The molecule has 6 nitrogen and oxygen atoms in total. The third kappa shape index (κ3) is 5.44. The van der Waals surface area contributed by atoms with E-state index in [1.165, 1.54) is 5.56 Å². The molecule has 2 aromatic rings. The van der Waals surface area contributed by atoms with Crippen molar-refractivity contribution in [2.75, 3.05) is 45.2 Å². The summed E-state index contributed by atoms with van der Waals surface area (Å²) < 4.78 is 5.08. The van der Waals surface area contributed by atoms with Gasteiger partial charge in [-0.3, -0.25) is 14.5 Å². The molecule has 2 amide bonds. The number of anilines is 1. The van der Waals surface area contributed by atoms with Gasteiger partial charge in [-0.25, -0.2) is 0 Å². The molecule has 1 aliphatic rings. The minimum Gasteiger partial charge on any atom is -0.497 e. The zero-order chi connectivity index (χ0) is 19.8. The highest BCUT2D eigenvalue weighted by molar-refractivity contribution is 6.39. The van der Waals surface area contributed by atoms with E-state index in [1.54, 1.807) is 36.3 Å². The van der Waals surface area contributed by atoms with Crippen molar-refractivity contribution in [2.24, 2.45) is 0 Å². The van der Waals surface area contributed by atoms with Crippen LogP contribution in [-0.4, -0.2) is 61.4 Å². The smallest absolute Gasteiger partial charge is 0.313 e. The van der Waals surface area contributed by atoms with E-state index in [0.29, 0.717) is 24.5 Å². The number of hydrogen-bond acceptors (Lipinski definition) is 4. The number of hydrogen-bond donors (Lipinski definition) is 1. The minimum atomic E-state index is -0.609. The summed E-state index contributed by atoms with van der Waals surface area (Å²) in [5.74, 6) is -0.403. The Hall–Kier alpha value is -3.12. The number of carbonyl (C=O) groups is 2. The highest BCUT2D eigenvalue weighted by Gasteiger charge is 2.25. The zero-order valence-corrected chi connectivity index (χ0v) is 16.0. The molecule has 3 rings (SSSR count). The maximum atomic E-state index is 12.4. The lowest BCUT2D eigenvalue weighted by Gasteiger charge is -2.33. The number of carbonyl (C=O) groups excluding carboxylic acids is 2. The monoisotopic (exact) mass is 379 g/mol. The van der Waals surface area contributed by atoms with Crippen molar-refractivity contribution in [3.05, 3.63) is 66.2 Å². The van der Waals surface area contributed by atoms with Crippen LogP contribution in [-0.2, 0) is 9.59 Å². The summed E-state index contributed by atoms with van der Waals surface area (Å²) >= 11 is 0. The van der Waals surface area contributed by atoms with Gasteiger partial charge in [-0.15, -0.1) is 0 Å². The summed E-state index contributed by atoms with van der Waals surface area (Å²) in [6, 6.07) is 17.1. The lowest BCUT2D eigenvalue weighted by atomic mass is 10.2. The SMILES string of the molecule is COc1ccc(NC(=O)C(=O)N2CCN(C/C=C/c3ccccc3)CC2)cc1. The van der Waals surface area contributed by atoms with Gasteiger partial charge in [0.25, 0.3) is 0 Å². The molecule has 1 heterocycles. The Morgan fingerprint density at radius 3 is 2.32 bits per heavy atom. The topological polar surface area (TPSA) is 61.9 Å². The van der Waals surface area contributed by atoms with Crippen LogP contribution >= 0.6 is 0 Å². The van der Waals surface area contributed by atoms with Crippen molar-refractivity contribution in [1.82, 2.24) is 9.80 Å². The Morgan fingerprint density at radius 2 is 1.68 bits per heavy atom. The van der Waals surface area contributed by atoms with Gasteiger partial charge in [0.05, 0.1) is 7.11 Å². The van der Waals surface area contributed by atoms with Crippen molar-refractivity contribution >= 4 is 23.6 Å². The number of ether oxygens (including phenoxy) is 1. The molecule has 0 spiro atoms. The van der Waals surface area contributed by atoms with Crippen LogP contribution in [0.2, 0.25) is 0 Å². The summed E-state index contributed by atoms with van der Waals surface area (Å²) in [5.41, 5.74) is 1.75. The van der Waals surface area contributed by atoms with Crippen LogP contribution < -0.4 is 10.1 Å². The van der Waals surface area contributed by atoms with E-state index < -0.39 is 11.8 Å². The van der Waals surface area contributed by atoms with Crippen molar-refractivity contribution in [2.45, 2.75) is 0 Å². The Balaban J connectivity index is 1.43. The van der Waals surface area contributed by atoms with Crippen LogP contribution in [0.25, 0.3) is 6.08 Å². The van der Waals surface area contributed by atoms with Crippen LogP contribution in [0, 0.1) is 0 Å². The molecule has 0 aliphatic carbocycles. The van der Waals surface area contributed by atoms with E-state index in [1.807, 2.05) is 18.2 Å². The van der Waals surface area contributed by atoms with Crippen molar-refractivity contribution in [3.8, 4) is 5.75 Å². The molecule has 1 fully saturated rings. The first-order valence-corrected chi connectivity index (χ1v) is 9.34. The Labute approximate surface area is 165 Å². The molecule has 0 saturated carbocycles. The molecule has 0 unspecified atom stereocenters. The largest absolute Gasteiger partial charge is 0.497 e. The molecule has 0 atom stereocenters. The molecule has 0 aromatic heterocycles. The first-order valence-electron chi connectivity index (χ1n) is 9.34. The van der Waals surface area contributed by atoms with Gasteiger partial charge in [-0.05, 0) is 29.8 Å². The molecule has 0 bridgehead atoms. The molecule has 0 radical (unpaired) electrons. The molecule has 1 aliphatic heterocycles. The van der Waals surface area contributed by atoms with E-state index in [-0.39, 0.29) is 0 Å². The molecule has 1 N–H and O–H groups in total. The number of rotatable bonds is 5. The van der Waals surface area contributed by atoms with Gasteiger partial charge < -0.3 is 15.0 Å². The number of benzene rings is 2. The first-order chi connectivity index (χ1) is 13.7. The fraction of sp³-hybridized carbons (Fsp3) is 0.273. The third-order valence-corrected chi connectivity index (χ3v) is 4.68. The normalized spacial score (nSPS) is 14.8. The minimum absolute atomic E-state index is 0.490. The van der Waals surface area contributed by atoms with Crippen molar-refractivity contribution in [1.29, 1.82) is 0 Å². The first kappa shape index (κ1) is 19.6. The van der Waals surface area contributed by atoms with Crippen molar-refractivity contribution < 1.29 is 14.3 Å². The van der Waals surface area contributed by atoms with Crippen LogP contribution in [0.1, 0.15) is 5.56 Å². The number of nitrogens with one attached hydrogen (secondary N) is 1. The second-order valence-corrected chi connectivity index (χ2v) is 6.59. The predicted octanol–water partition coefficient (Wildman–Crippen LogP) is 2.49. The van der Waals surface area contributed by atoms with Gasteiger partial charge in [0.2, 0.25) is 0 Å². The highest BCUT2D eigenvalue weighted by Crippen LogP contribution is 2.15. The fourth-order valence-electron chi connectivity index (χ4n) is 3.04. The third-order valence-electron chi connectivity index (χ3n) is 4.68. The Morgan fingerprint density at radius 1 is 1.00 bits per heavy atom. The Bertz CT molecular complexity index is 811. The van der Waals surface area contributed by atoms with E-state index in [4.69, 9.17) is 4.74 Å². The Kier molecular flexibility index (Phi) is 6.81. The highest BCUT2D eigenvalue weighted by atomic mass is 16.5. The maximum Gasteiger partial charge on any atom is 0.313 e. The number of nitrogens with zero attached hydrogens (tertiary/aromatic N) is 2. The molecule has 1 saturated heterocycles. The van der Waals surface area contributed by atoms with Gasteiger partial charge in [-0.1, -0.05) is 42.5 Å². The molecular formula is C22H25N3O3. The molecule has 2 aromatic carbocycles. The van der Waals surface area contributed by atoms with Crippen LogP contribution in [0.5, 0.6) is 5.75 Å². The molecule has 28 heavy (non-hydrogen) atoms. The second kappa shape index (κ2) is 9.71. The van der Waals surface area contributed by atoms with Crippen LogP contribution in [0.4, 0.5) is 5.69 Å². The summed E-state index contributed by atoms with van der Waals surface area (Å²) in [6.07, 6.45) is 4.23. The number of methoxy groups -OCH3 is 1. The van der Waals surface area contributed by atoms with E-state index in [9.17, 15) is 9.59 Å². The lowest BCUT2D eigenvalue weighted by molar-refractivity contribution is -0.144. The van der Waals surface area contributed by atoms with Gasteiger partial charge >= 0.3 is 11.8 Å². The van der Waals surface area contributed by atoms with Crippen molar-refractivity contribution in [3.63, 3.8) is 0 Å². The average molecular weight is 379 g/mol. The van der Waals surface area contributed by atoms with Gasteiger partial charge in [0, 0.05) is 38.4 Å². The van der Waals surface area contributed by atoms with Gasteiger partial charge in [0.1, 0.15) is 5.75 Å². The fourth-order valence-corrected chi connectivity index (χ4v) is 3.04.